The highest BCUT2D eigenvalue weighted by Crippen LogP contribution is 2.30. The first-order valence-corrected chi connectivity index (χ1v) is 14.3. The SMILES string of the molecule is COCCn1c(=NC(=O)c2ccc(S(=O)(=O)N3CC(C)CC(C)C3)cc2)sc2cc(Cl)cc(Cl)c21. The lowest BCUT2D eigenvalue weighted by molar-refractivity contribution is 0.0997. The van der Waals surface area contributed by atoms with E-state index in [4.69, 9.17) is 27.9 Å². The molecule has 1 aliphatic heterocycles. The van der Waals surface area contributed by atoms with Gasteiger partial charge in [-0.2, -0.15) is 9.30 Å². The standard InChI is InChI=1S/C24H27Cl2N3O4S2/c1-15-10-16(2)14-28(13-15)35(31,32)19-6-4-17(5-7-19)23(30)27-24-29(8-9-33-3)22-20(26)11-18(25)12-21(22)34-24/h4-7,11-12,15-16H,8-10,13-14H2,1-3H3. The molecule has 1 amide bonds. The van der Waals surface area contributed by atoms with Crippen LogP contribution in [0.1, 0.15) is 30.6 Å². The Morgan fingerprint density at radius 1 is 1.14 bits per heavy atom. The van der Waals surface area contributed by atoms with Crippen LogP contribution in [0.25, 0.3) is 10.2 Å². The molecule has 0 N–H and O–H groups in total. The fourth-order valence-electron chi connectivity index (χ4n) is 4.48. The molecule has 0 radical (unpaired) electrons. The fraction of sp³-hybridized carbons (Fsp3) is 0.417. The van der Waals surface area contributed by atoms with E-state index in [2.05, 4.69) is 18.8 Å². The first kappa shape index (κ1) is 26.3. The smallest absolute Gasteiger partial charge is 0.279 e. The van der Waals surface area contributed by atoms with E-state index < -0.39 is 15.9 Å². The molecule has 35 heavy (non-hydrogen) atoms. The van der Waals surface area contributed by atoms with Gasteiger partial charge in [-0.1, -0.05) is 48.4 Å². The highest BCUT2D eigenvalue weighted by Gasteiger charge is 2.31. The maximum absolute atomic E-state index is 13.1. The number of benzene rings is 2. The topological polar surface area (TPSA) is 81.0 Å². The number of aromatic nitrogens is 1. The second-order valence-electron chi connectivity index (χ2n) is 8.97. The molecule has 1 aromatic heterocycles. The first-order valence-electron chi connectivity index (χ1n) is 11.3. The molecule has 2 aromatic carbocycles. The lowest BCUT2D eigenvalue weighted by Gasteiger charge is -2.34. The Balaban J connectivity index is 1.65. The van der Waals surface area contributed by atoms with Gasteiger partial charge in [-0.05, 0) is 54.7 Å². The number of nitrogens with zero attached hydrogens (tertiary/aromatic N) is 3. The van der Waals surface area contributed by atoms with E-state index >= 15 is 0 Å². The van der Waals surface area contributed by atoms with Gasteiger partial charge in [0.25, 0.3) is 5.91 Å². The molecule has 1 aliphatic rings. The molecule has 0 saturated carbocycles. The summed E-state index contributed by atoms with van der Waals surface area (Å²) in [4.78, 5) is 17.9. The van der Waals surface area contributed by atoms with Crippen molar-refractivity contribution in [2.75, 3.05) is 26.8 Å². The van der Waals surface area contributed by atoms with Gasteiger partial charge < -0.3 is 9.30 Å². The molecule has 0 aliphatic carbocycles. The predicted molar refractivity (Wildman–Crippen MR) is 140 cm³/mol. The normalized spacial score (nSPS) is 20.0. The molecule has 2 atom stereocenters. The highest BCUT2D eigenvalue weighted by atomic mass is 35.5. The molecule has 2 heterocycles. The van der Waals surface area contributed by atoms with Crippen LogP contribution >= 0.6 is 34.5 Å². The van der Waals surface area contributed by atoms with E-state index in [9.17, 15) is 13.2 Å². The number of sulfonamides is 1. The van der Waals surface area contributed by atoms with Gasteiger partial charge in [-0.15, -0.1) is 0 Å². The van der Waals surface area contributed by atoms with Gasteiger partial charge in [0.15, 0.2) is 4.80 Å². The summed E-state index contributed by atoms with van der Waals surface area (Å²) in [6, 6.07) is 9.39. The van der Waals surface area contributed by atoms with Crippen molar-refractivity contribution >= 4 is 60.7 Å². The van der Waals surface area contributed by atoms with Crippen LogP contribution in [0.15, 0.2) is 46.3 Å². The van der Waals surface area contributed by atoms with Crippen molar-refractivity contribution < 1.29 is 17.9 Å². The summed E-state index contributed by atoms with van der Waals surface area (Å²) in [5.41, 5.74) is 1.03. The molecule has 11 heteroatoms. The molecule has 3 aromatic rings. The average molecular weight is 557 g/mol. The third-order valence-corrected chi connectivity index (χ3v) is 9.36. The van der Waals surface area contributed by atoms with E-state index in [0.29, 0.717) is 58.5 Å². The van der Waals surface area contributed by atoms with Crippen molar-refractivity contribution in [2.24, 2.45) is 16.8 Å². The van der Waals surface area contributed by atoms with Gasteiger partial charge in [0.1, 0.15) is 0 Å². The van der Waals surface area contributed by atoms with E-state index in [0.717, 1.165) is 16.6 Å². The molecule has 4 rings (SSSR count). The van der Waals surface area contributed by atoms with Gasteiger partial charge in [0, 0.05) is 37.3 Å². The van der Waals surface area contributed by atoms with E-state index in [1.54, 1.807) is 19.2 Å². The third-order valence-electron chi connectivity index (χ3n) is 5.99. The number of rotatable bonds is 6. The van der Waals surface area contributed by atoms with E-state index in [1.165, 1.54) is 39.9 Å². The number of ether oxygens (including phenoxy) is 1. The minimum Gasteiger partial charge on any atom is -0.383 e. The number of hydrogen-bond donors (Lipinski definition) is 0. The summed E-state index contributed by atoms with van der Waals surface area (Å²) < 4.78 is 35.7. The van der Waals surface area contributed by atoms with Crippen LogP contribution in [0.5, 0.6) is 0 Å². The Morgan fingerprint density at radius 3 is 2.43 bits per heavy atom. The Hall–Kier alpha value is -1.75. The van der Waals surface area contributed by atoms with Crippen molar-refractivity contribution in [1.29, 1.82) is 0 Å². The first-order chi connectivity index (χ1) is 16.6. The number of hydrogen-bond acceptors (Lipinski definition) is 5. The molecular formula is C24H27Cl2N3O4S2. The summed E-state index contributed by atoms with van der Waals surface area (Å²) >= 11 is 13.9. The van der Waals surface area contributed by atoms with Crippen LogP contribution in [0, 0.1) is 11.8 Å². The third kappa shape index (κ3) is 5.65. The number of methoxy groups -OCH3 is 1. The molecule has 7 nitrogen and oxygen atoms in total. The minimum absolute atomic E-state index is 0.175. The number of amides is 1. The summed E-state index contributed by atoms with van der Waals surface area (Å²) in [5, 5.41) is 0.958. The highest BCUT2D eigenvalue weighted by molar-refractivity contribution is 7.89. The zero-order valence-corrected chi connectivity index (χ0v) is 22.8. The molecule has 2 unspecified atom stereocenters. The number of fused-ring (bicyclic) bond motifs is 1. The van der Waals surface area contributed by atoms with Crippen LogP contribution in [0.2, 0.25) is 10.0 Å². The van der Waals surface area contributed by atoms with Crippen LogP contribution in [-0.4, -0.2) is 50.0 Å². The minimum atomic E-state index is -3.62. The van der Waals surface area contributed by atoms with Crippen molar-refractivity contribution in [1.82, 2.24) is 8.87 Å². The average Bonchev–Trinajstić information content (AvgIpc) is 3.13. The summed E-state index contributed by atoms with van der Waals surface area (Å²) in [6.45, 7) is 6.00. The van der Waals surface area contributed by atoms with Crippen LogP contribution in [0.4, 0.5) is 0 Å². The van der Waals surface area contributed by atoms with Gasteiger partial charge in [0.2, 0.25) is 10.0 Å². The van der Waals surface area contributed by atoms with Crippen molar-refractivity contribution in [3.05, 3.63) is 56.8 Å². The molecule has 0 spiro atoms. The van der Waals surface area contributed by atoms with Crippen LogP contribution in [-0.2, 0) is 21.3 Å². The second-order valence-corrected chi connectivity index (χ2v) is 12.8. The number of piperidine rings is 1. The molecule has 1 fully saturated rings. The van der Waals surface area contributed by atoms with Gasteiger partial charge in [0.05, 0.1) is 26.7 Å². The summed E-state index contributed by atoms with van der Waals surface area (Å²) in [5.74, 6) is 0.138. The van der Waals surface area contributed by atoms with Gasteiger partial charge in [-0.25, -0.2) is 8.42 Å². The second kappa shape index (κ2) is 10.7. The lowest BCUT2D eigenvalue weighted by Crippen LogP contribution is -2.42. The van der Waals surface area contributed by atoms with E-state index in [1.807, 2.05) is 4.57 Å². The maximum atomic E-state index is 13.1. The number of thiazole rings is 1. The lowest BCUT2D eigenvalue weighted by atomic mass is 9.94. The zero-order chi connectivity index (χ0) is 25.3. The number of carbonyl (C=O) groups excluding carboxylic acids is 1. The molecule has 1 saturated heterocycles. The van der Waals surface area contributed by atoms with Crippen LogP contribution in [0.3, 0.4) is 0 Å². The maximum Gasteiger partial charge on any atom is 0.279 e. The fourth-order valence-corrected chi connectivity index (χ4v) is 7.99. The van der Waals surface area contributed by atoms with Gasteiger partial charge >= 0.3 is 0 Å². The van der Waals surface area contributed by atoms with E-state index in [-0.39, 0.29) is 4.90 Å². The summed E-state index contributed by atoms with van der Waals surface area (Å²) in [7, 11) is -2.03. The molecular weight excluding hydrogens is 529 g/mol. The zero-order valence-electron chi connectivity index (χ0n) is 19.7. The Labute approximate surface area is 219 Å². The number of carbonyl (C=O) groups is 1. The molecule has 0 bridgehead atoms. The Bertz CT molecular complexity index is 1410. The summed E-state index contributed by atoms with van der Waals surface area (Å²) in [6.07, 6.45) is 1.01. The van der Waals surface area contributed by atoms with Crippen molar-refractivity contribution in [2.45, 2.75) is 31.7 Å². The Morgan fingerprint density at radius 2 is 1.80 bits per heavy atom. The van der Waals surface area contributed by atoms with Crippen LogP contribution < -0.4 is 4.80 Å². The quantitative estimate of drug-likeness (QED) is 0.425. The van der Waals surface area contributed by atoms with Gasteiger partial charge in [-0.3, -0.25) is 4.79 Å². The number of halogens is 2. The van der Waals surface area contributed by atoms with Crippen molar-refractivity contribution in [3.63, 3.8) is 0 Å². The Kier molecular flexibility index (Phi) is 8.05. The largest absolute Gasteiger partial charge is 0.383 e. The predicted octanol–water partition coefficient (Wildman–Crippen LogP) is 5.06. The van der Waals surface area contributed by atoms with Crippen molar-refractivity contribution in [3.8, 4) is 0 Å². The monoisotopic (exact) mass is 555 g/mol. The molecule has 188 valence electrons.